The number of pyridine rings is 1. The van der Waals surface area contributed by atoms with Gasteiger partial charge in [-0.3, -0.25) is 4.40 Å². The molecule has 0 aromatic carbocycles. The lowest BCUT2D eigenvalue weighted by molar-refractivity contribution is -0.0668. The maximum Gasteiger partial charge on any atom is 0.194 e. The fraction of sp³-hybridized carbons (Fsp3) is 0.588. The first-order chi connectivity index (χ1) is 10.9. The predicted octanol–water partition coefficient (Wildman–Crippen LogP) is 2.93. The lowest BCUT2D eigenvalue weighted by Gasteiger charge is -2.62. The fourth-order valence-electron chi connectivity index (χ4n) is 2.94. The van der Waals surface area contributed by atoms with E-state index in [4.69, 9.17) is 4.99 Å². The van der Waals surface area contributed by atoms with Gasteiger partial charge in [-0.05, 0) is 32.9 Å². The van der Waals surface area contributed by atoms with Crippen molar-refractivity contribution < 1.29 is 0 Å². The number of hydrogen-bond acceptors (Lipinski definition) is 3. The lowest BCUT2D eigenvalue weighted by atomic mass is 9.65. The molecule has 3 rings (SSSR count). The number of nitrogens with one attached hydrogen (secondary N) is 1. The van der Waals surface area contributed by atoms with Crippen LogP contribution >= 0.6 is 24.0 Å². The van der Waals surface area contributed by atoms with Gasteiger partial charge in [0.1, 0.15) is 6.54 Å². The normalized spacial score (nSPS) is 18.9. The minimum Gasteiger partial charge on any atom is -0.356 e. The second-order valence-electron chi connectivity index (χ2n) is 7.24. The van der Waals surface area contributed by atoms with Crippen molar-refractivity contribution in [1.82, 2.24) is 24.8 Å². The molecule has 1 N–H and O–H groups in total. The smallest absolute Gasteiger partial charge is 0.194 e. The zero-order valence-corrected chi connectivity index (χ0v) is 17.4. The molecule has 1 aliphatic rings. The summed E-state index contributed by atoms with van der Waals surface area (Å²) in [5, 5.41) is 11.8. The van der Waals surface area contributed by atoms with E-state index in [1.165, 1.54) is 0 Å². The summed E-state index contributed by atoms with van der Waals surface area (Å²) in [6.07, 6.45) is 1.98. The van der Waals surface area contributed by atoms with Crippen molar-refractivity contribution in [2.45, 2.75) is 46.7 Å². The highest BCUT2D eigenvalue weighted by molar-refractivity contribution is 14.0. The van der Waals surface area contributed by atoms with E-state index >= 15 is 0 Å². The van der Waals surface area contributed by atoms with Crippen LogP contribution in [0.1, 0.15) is 40.4 Å². The molecular formula is C17H27IN6. The average molecular weight is 442 g/mol. The van der Waals surface area contributed by atoms with Crippen LogP contribution in [0.15, 0.2) is 29.4 Å². The van der Waals surface area contributed by atoms with E-state index in [0.717, 1.165) is 30.5 Å². The summed E-state index contributed by atoms with van der Waals surface area (Å²) < 4.78 is 1.98. The Morgan fingerprint density at radius 3 is 2.62 bits per heavy atom. The first-order valence-electron chi connectivity index (χ1n) is 8.21. The largest absolute Gasteiger partial charge is 0.356 e. The second kappa shape index (κ2) is 6.85. The number of nitrogens with zero attached hydrogens (tertiary/aromatic N) is 5. The van der Waals surface area contributed by atoms with Gasteiger partial charge in [-0.15, -0.1) is 34.2 Å². The Labute approximate surface area is 160 Å². The highest BCUT2D eigenvalue weighted by atomic mass is 127. The van der Waals surface area contributed by atoms with Crippen LogP contribution in [0.3, 0.4) is 0 Å². The van der Waals surface area contributed by atoms with Crippen molar-refractivity contribution in [2.75, 3.05) is 13.1 Å². The standard InChI is InChI=1S/C17H26N6.HI/c1-6-18-15(23-12-16(2,3)17(23,4)5)19-11-14-21-20-13-9-7-8-10-22(13)14;/h7-10H,6,11-12H2,1-5H3,(H,18,19);1H. The van der Waals surface area contributed by atoms with Crippen molar-refractivity contribution in [2.24, 2.45) is 10.4 Å². The Bertz CT molecular complexity index is 734. The summed E-state index contributed by atoms with van der Waals surface area (Å²) in [7, 11) is 0. The predicted molar refractivity (Wildman–Crippen MR) is 108 cm³/mol. The molecule has 1 fully saturated rings. The first kappa shape index (κ1) is 19.0. The van der Waals surface area contributed by atoms with Crippen LogP contribution in [-0.2, 0) is 6.54 Å². The highest BCUT2D eigenvalue weighted by Gasteiger charge is 2.53. The summed E-state index contributed by atoms with van der Waals surface area (Å²) in [5.74, 6) is 1.80. The van der Waals surface area contributed by atoms with Crippen LogP contribution in [0, 0.1) is 5.41 Å². The Kier molecular flexibility index (Phi) is 5.41. The van der Waals surface area contributed by atoms with Gasteiger partial charge in [0.05, 0.1) is 0 Å². The van der Waals surface area contributed by atoms with E-state index in [-0.39, 0.29) is 34.9 Å². The SMILES string of the molecule is CCNC(=NCc1nnc2ccccn12)N1CC(C)(C)C1(C)C.I. The van der Waals surface area contributed by atoms with Crippen LogP contribution in [0.5, 0.6) is 0 Å². The van der Waals surface area contributed by atoms with Crippen molar-refractivity contribution in [3.63, 3.8) is 0 Å². The van der Waals surface area contributed by atoms with Gasteiger partial charge in [0.15, 0.2) is 17.4 Å². The Balaban J connectivity index is 0.00000208. The number of likely N-dealkylation sites (tertiary alicyclic amines) is 1. The molecule has 0 amide bonds. The molecule has 7 heteroatoms. The molecule has 0 aliphatic carbocycles. The van der Waals surface area contributed by atoms with Gasteiger partial charge in [-0.25, -0.2) is 4.99 Å². The number of hydrogen-bond donors (Lipinski definition) is 1. The molecule has 6 nitrogen and oxygen atoms in total. The van der Waals surface area contributed by atoms with Gasteiger partial charge in [-0.2, -0.15) is 0 Å². The van der Waals surface area contributed by atoms with Gasteiger partial charge in [0, 0.05) is 30.2 Å². The van der Waals surface area contributed by atoms with Gasteiger partial charge >= 0.3 is 0 Å². The first-order valence-corrected chi connectivity index (χ1v) is 8.21. The Hall–Kier alpha value is -1.38. The molecule has 0 unspecified atom stereocenters. The Morgan fingerprint density at radius 2 is 2.00 bits per heavy atom. The van der Waals surface area contributed by atoms with Crippen LogP contribution in [-0.4, -0.2) is 44.1 Å². The monoisotopic (exact) mass is 442 g/mol. The quantitative estimate of drug-likeness (QED) is 0.451. The average Bonchev–Trinajstić information content (AvgIpc) is 2.93. The third-order valence-electron chi connectivity index (χ3n) is 5.23. The summed E-state index contributed by atoms with van der Waals surface area (Å²) in [6, 6.07) is 5.90. The molecule has 3 heterocycles. The van der Waals surface area contributed by atoms with Gasteiger partial charge in [-0.1, -0.05) is 19.9 Å². The third-order valence-corrected chi connectivity index (χ3v) is 5.23. The van der Waals surface area contributed by atoms with E-state index < -0.39 is 0 Å². The molecule has 132 valence electrons. The third kappa shape index (κ3) is 3.10. The topological polar surface area (TPSA) is 57.8 Å². The Morgan fingerprint density at radius 1 is 1.25 bits per heavy atom. The second-order valence-corrected chi connectivity index (χ2v) is 7.24. The van der Waals surface area contributed by atoms with Crippen molar-refractivity contribution >= 4 is 35.6 Å². The van der Waals surface area contributed by atoms with E-state index in [1.54, 1.807) is 0 Å². The lowest BCUT2D eigenvalue weighted by Crippen LogP contribution is -2.72. The van der Waals surface area contributed by atoms with Crippen molar-refractivity contribution in [3.8, 4) is 0 Å². The van der Waals surface area contributed by atoms with Crippen LogP contribution in [0.25, 0.3) is 5.65 Å². The number of guanidine groups is 1. The van der Waals surface area contributed by atoms with Crippen molar-refractivity contribution in [1.29, 1.82) is 0 Å². The van der Waals surface area contributed by atoms with Gasteiger partial charge in [0.25, 0.3) is 0 Å². The van der Waals surface area contributed by atoms with Crippen LogP contribution < -0.4 is 5.32 Å². The van der Waals surface area contributed by atoms with Crippen LogP contribution in [0.2, 0.25) is 0 Å². The molecule has 2 aromatic heterocycles. The molecule has 0 radical (unpaired) electrons. The van der Waals surface area contributed by atoms with Crippen molar-refractivity contribution in [3.05, 3.63) is 30.2 Å². The minimum absolute atomic E-state index is 0. The molecule has 2 aromatic rings. The van der Waals surface area contributed by atoms with Gasteiger partial charge < -0.3 is 10.2 Å². The number of halogens is 1. The van der Waals surface area contributed by atoms with Crippen LogP contribution in [0.4, 0.5) is 0 Å². The molecule has 0 atom stereocenters. The molecule has 1 aliphatic heterocycles. The van der Waals surface area contributed by atoms with E-state index in [0.29, 0.717) is 6.54 Å². The molecule has 1 saturated heterocycles. The summed E-state index contributed by atoms with van der Waals surface area (Å²) in [6.45, 7) is 13.6. The molecule has 0 spiro atoms. The maximum absolute atomic E-state index is 4.80. The zero-order valence-electron chi connectivity index (χ0n) is 15.1. The number of fused-ring (bicyclic) bond motifs is 1. The zero-order chi connectivity index (χ0) is 16.7. The molecule has 24 heavy (non-hydrogen) atoms. The number of rotatable bonds is 3. The maximum atomic E-state index is 4.80. The highest BCUT2D eigenvalue weighted by Crippen LogP contribution is 2.46. The van der Waals surface area contributed by atoms with E-state index in [9.17, 15) is 0 Å². The van der Waals surface area contributed by atoms with E-state index in [2.05, 4.69) is 55.0 Å². The number of aromatic nitrogens is 3. The molecular weight excluding hydrogens is 415 g/mol. The summed E-state index contributed by atoms with van der Waals surface area (Å²) in [5.41, 5.74) is 1.22. The summed E-state index contributed by atoms with van der Waals surface area (Å²) in [4.78, 5) is 7.14. The molecule has 0 bridgehead atoms. The number of aliphatic imine (C=N–C) groups is 1. The van der Waals surface area contributed by atoms with Gasteiger partial charge in [0.2, 0.25) is 0 Å². The minimum atomic E-state index is 0. The molecule has 0 saturated carbocycles. The summed E-state index contributed by atoms with van der Waals surface area (Å²) >= 11 is 0. The van der Waals surface area contributed by atoms with E-state index in [1.807, 2.05) is 28.8 Å². The fourth-order valence-corrected chi connectivity index (χ4v) is 2.94.